The van der Waals surface area contributed by atoms with Gasteiger partial charge in [0.1, 0.15) is 5.76 Å². The predicted molar refractivity (Wildman–Crippen MR) is 74.8 cm³/mol. The number of nitrogens with one attached hydrogen (secondary N) is 1. The number of benzene rings is 1. The van der Waals surface area contributed by atoms with Crippen molar-refractivity contribution in [3.05, 3.63) is 41.1 Å². The van der Waals surface area contributed by atoms with Crippen molar-refractivity contribution in [1.82, 2.24) is 0 Å². The number of anilines is 1. The van der Waals surface area contributed by atoms with Gasteiger partial charge in [0, 0.05) is 23.6 Å². The smallest absolute Gasteiger partial charge is 0.376 e. The minimum atomic E-state index is -0.665. The van der Waals surface area contributed by atoms with Crippen LogP contribution < -0.4 is 5.32 Å². The Morgan fingerprint density at radius 1 is 1.30 bits per heavy atom. The van der Waals surface area contributed by atoms with Gasteiger partial charge in [0.25, 0.3) is 0 Å². The van der Waals surface area contributed by atoms with E-state index in [2.05, 4.69) is 10.1 Å². The zero-order valence-corrected chi connectivity index (χ0v) is 11.7. The van der Waals surface area contributed by atoms with Crippen LogP contribution in [0.1, 0.15) is 17.5 Å². The molecule has 0 aliphatic heterocycles. The van der Waals surface area contributed by atoms with E-state index in [4.69, 9.17) is 16.0 Å². The summed E-state index contributed by atoms with van der Waals surface area (Å²) < 4.78 is 10.1. The molecule has 2 rings (SSSR count). The molecule has 2 aromatic rings. The van der Waals surface area contributed by atoms with Gasteiger partial charge in [-0.2, -0.15) is 0 Å². The SMILES string of the molecule is COC(=O)c1oc(-c2cccc(Cl)c2)cc1NC(C)=O. The summed E-state index contributed by atoms with van der Waals surface area (Å²) in [5, 5.41) is 3.07. The van der Waals surface area contributed by atoms with Crippen molar-refractivity contribution in [2.75, 3.05) is 12.4 Å². The summed E-state index contributed by atoms with van der Waals surface area (Å²) in [6.45, 7) is 1.34. The highest BCUT2D eigenvalue weighted by atomic mass is 35.5. The van der Waals surface area contributed by atoms with Crippen molar-refractivity contribution in [1.29, 1.82) is 0 Å². The monoisotopic (exact) mass is 293 g/mol. The second-order valence-electron chi connectivity index (χ2n) is 4.04. The number of carbonyl (C=O) groups excluding carboxylic acids is 2. The van der Waals surface area contributed by atoms with Gasteiger partial charge < -0.3 is 14.5 Å². The van der Waals surface area contributed by atoms with Crippen molar-refractivity contribution >= 4 is 29.2 Å². The van der Waals surface area contributed by atoms with E-state index in [0.717, 1.165) is 0 Å². The number of hydrogen-bond donors (Lipinski definition) is 1. The average molecular weight is 294 g/mol. The lowest BCUT2D eigenvalue weighted by Gasteiger charge is -2.00. The number of carbonyl (C=O) groups is 2. The van der Waals surface area contributed by atoms with Crippen LogP contribution in [0, 0.1) is 0 Å². The third kappa shape index (κ3) is 3.00. The number of methoxy groups -OCH3 is 1. The van der Waals surface area contributed by atoms with Gasteiger partial charge in [-0.15, -0.1) is 0 Å². The summed E-state index contributed by atoms with van der Waals surface area (Å²) in [4.78, 5) is 22.8. The molecule has 0 unspecified atom stereocenters. The molecule has 1 heterocycles. The molecular weight excluding hydrogens is 282 g/mol. The molecule has 1 aromatic heterocycles. The normalized spacial score (nSPS) is 10.2. The first-order chi connectivity index (χ1) is 9.51. The van der Waals surface area contributed by atoms with E-state index in [-0.39, 0.29) is 17.4 Å². The molecule has 6 heteroatoms. The molecule has 0 atom stereocenters. The van der Waals surface area contributed by atoms with Gasteiger partial charge in [0.15, 0.2) is 0 Å². The topological polar surface area (TPSA) is 68.5 Å². The first-order valence-corrected chi connectivity index (χ1v) is 6.14. The Hall–Kier alpha value is -2.27. The van der Waals surface area contributed by atoms with E-state index < -0.39 is 5.97 Å². The maximum Gasteiger partial charge on any atom is 0.376 e. The van der Waals surface area contributed by atoms with Gasteiger partial charge in [-0.3, -0.25) is 4.79 Å². The lowest BCUT2D eigenvalue weighted by molar-refractivity contribution is -0.114. The highest BCUT2D eigenvalue weighted by Crippen LogP contribution is 2.31. The highest BCUT2D eigenvalue weighted by molar-refractivity contribution is 6.30. The molecule has 1 N–H and O–H groups in total. The largest absolute Gasteiger partial charge is 0.463 e. The Kier molecular flexibility index (Phi) is 4.10. The van der Waals surface area contributed by atoms with E-state index >= 15 is 0 Å². The number of halogens is 1. The van der Waals surface area contributed by atoms with Crippen molar-refractivity contribution in [3.63, 3.8) is 0 Å². The Balaban J connectivity index is 2.48. The lowest BCUT2D eigenvalue weighted by Crippen LogP contribution is -2.09. The molecule has 0 saturated carbocycles. The number of rotatable bonds is 3. The van der Waals surface area contributed by atoms with Crippen molar-refractivity contribution in [3.8, 4) is 11.3 Å². The zero-order valence-electron chi connectivity index (χ0n) is 10.9. The fourth-order valence-corrected chi connectivity index (χ4v) is 1.89. The van der Waals surface area contributed by atoms with Crippen LogP contribution in [0.5, 0.6) is 0 Å². The summed E-state index contributed by atoms with van der Waals surface area (Å²) in [7, 11) is 1.24. The molecule has 104 valence electrons. The molecule has 0 fully saturated rings. The number of furan rings is 1. The maximum atomic E-state index is 11.6. The van der Waals surface area contributed by atoms with Crippen molar-refractivity contribution < 1.29 is 18.7 Å². The van der Waals surface area contributed by atoms with Crippen LogP contribution in [0.3, 0.4) is 0 Å². The summed E-state index contributed by atoms with van der Waals surface area (Å²) in [5.74, 6) is -0.620. The molecule has 1 aromatic carbocycles. The minimum absolute atomic E-state index is 0.0577. The Morgan fingerprint density at radius 2 is 2.05 bits per heavy atom. The predicted octanol–water partition coefficient (Wildman–Crippen LogP) is 3.35. The van der Waals surface area contributed by atoms with Crippen LogP contribution in [0.4, 0.5) is 5.69 Å². The molecule has 0 aliphatic rings. The third-order valence-electron chi connectivity index (χ3n) is 2.52. The number of esters is 1. The first kappa shape index (κ1) is 14.1. The fourth-order valence-electron chi connectivity index (χ4n) is 1.70. The molecule has 0 spiro atoms. The van der Waals surface area contributed by atoms with Crippen LogP contribution in [-0.2, 0) is 9.53 Å². The van der Waals surface area contributed by atoms with E-state index in [0.29, 0.717) is 16.3 Å². The van der Waals surface area contributed by atoms with Crippen molar-refractivity contribution in [2.24, 2.45) is 0 Å². The van der Waals surface area contributed by atoms with Crippen LogP contribution in [-0.4, -0.2) is 19.0 Å². The van der Waals surface area contributed by atoms with E-state index in [1.807, 2.05) is 0 Å². The van der Waals surface area contributed by atoms with E-state index in [1.54, 1.807) is 30.3 Å². The highest BCUT2D eigenvalue weighted by Gasteiger charge is 2.20. The van der Waals surface area contributed by atoms with Gasteiger partial charge >= 0.3 is 5.97 Å². The molecule has 0 bridgehead atoms. The van der Waals surface area contributed by atoms with Gasteiger partial charge in [0.05, 0.1) is 12.8 Å². The summed E-state index contributed by atoms with van der Waals surface area (Å²) in [5.41, 5.74) is 0.957. The summed E-state index contributed by atoms with van der Waals surface area (Å²) in [6, 6.07) is 8.52. The second kappa shape index (κ2) is 5.79. The Bertz CT molecular complexity index is 663. The Morgan fingerprint density at radius 3 is 2.65 bits per heavy atom. The average Bonchev–Trinajstić information content (AvgIpc) is 2.81. The summed E-state index contributed by atoms with van der Waals surface area (Å²) in [6.07, 6.45) is 0. The van der Waals surface area contributed by atoms with Crippen LogP contribution in [0.2, 0.25) is 5.02 Å². The lowest BCUT2D eigenvalue weighted by atomic mass is 10.2. The molecule has 1 amide bonds. The molecule has 20 heavy (non-hydrogen) atoms. The van der Waals surface area contributed by atoms with Crippen LogP contribution >= 0.6 is 11.6 Å². The number of ether oxygens (including phenoxy) is 1. The van der Waals surface area contributed by atoms with Crippen LogP contribution in [0.25, 0.3) is 11.3 Å². The van der Waals surface area contributed by atoms with Gasteiger partial charge in [-0.25, -0.2) is 4.79 Å². The molecular formula is C14H12ClNO4. The zero-order chi connectivity index (χ0) is 14.7. The second-order valence-corrected chi connectivity index (χ2v) is 4.47. The number of amides is 1. The van der Waals surface area contributed by atoms with Gasteiger partial charge in [-0.05, 0) is 12.1 Å². The maximum absolute atomic E-state index is 11.6. The molecule has 5 nitrogen and oxygen atoms in total. The van der Waals surface area contributed by atoms with E-state index in [9.17, 15) is 9.59 Å². The molecule has 0 saturated heterocycles. The van der Waals surface area contributed by atoms with E-state index in [1.165, 1.54) is 14.0 Å². The molecule has 0 aliphatic carbocycles. The van der Waals surface area contributed by atoms with Crippen molar-refractivity contribution in [2.45, 2.75) is 6.92 Å². The van der Waals surface area contributed by atoms with Crippen LogP contribution in [0.15, 0.2) is 34.7 Å². The Labute approximate surface area is 120 Å². The standard InChI is InChI=1S/C14H12ClNO4/c1-8(17)16-11-7-12(20-13(11)14(18)19-2)9-4-3-5-10(15)6-9/h3-7H,1-2H3,(H,16,17). The first-order valence-electron chi connectivity index (χ1n) is 5.77. The third-order valence-corrected chi connectivity index (χ3v) is 2.76. The van der Waals surface area contributed by atoms with Gasteiger partial charge in [0.2, 0.25) is 11.7 Å². The summed E-state index contributed by atoms with van der Waals surface area (Å²) >= 11 is 5.91. The quantitative estimate of drug-likeness (QED) is 0.881. The minimum Gasteiger partial charge on any atom is -0.463 e. The molecule has 0 radical (unpaired) electrons. The fraction of sp³-hybridized carbons (Fsp3) is 0.143. The van der Waals surface area contributed by atoms with Gasteiger partial charge in [-0.1, -0.05) is 23.7 Å². The number of hydrogen-bond acceptors (Lipinski definition) is 4.